The molecule has 106 valence electrons. The number of carboxylic acid groups (broad SMARTS) is 1. The van der Waals surface area contributed by atoms with Crippen molar-refractivity contribution >= 4 is 5.97 Å². The molecule has 1 N–H and O–H groups in total. The van der Waals surface area contributed by atoms with E-state index in [0.29, 0.717) is 0 Å². The zero-order chi connectivity index (χ0) is 14.9. The van der Waals surface area contributed by atoms with E-state index in [-0.39, 0.29) is 17.8 Å². The second-order valence-corrected chi connectivity index (χ2v) is 4.76. The first-order chi connectivity index (χ1) is 9.34. The normalized spacial score (nSPS) is 11.6. The van der Waals surface area contributed by atoms with Crippen molar-refractivity contribution in [3.8, 4) is 0 Å². The van der Waals surface area contributed by atoms with Gasteiger partial charge in [-0.3, -0.25) is 0 Å². The summed E-state index contributed by atoms with van der Waals surface area (Å²) in [7, 11) is 0. The van der Waals surface area contributed by atoms with Gasteiger partial charge in [-0.05, 0) is 35.9 Å². The van der Waals surface area contributed by atoms with Crippen molar-refractivity contribution in [3.05, 3.63) is 41.2 Å². The van der Waals surface area contributed by atoms with Crippen LogP contribution < -0.4 is 0 Å². The minimum Gasteiger partial charge on any atom is -0.479 e. The van der Waals surface area contributed by atoms with E-state index in [1.807, 2.05) is 0 Å². The van der Waals surface area contributed by atoms with E-state index in [2.05, 4.69) is 15.5 Å². The van der Waals surface area contributed by atoms with E-state index in [1.54, 1.807) is 0 Å². The highest BCUT2D eigenvalue weighted by Gasteiger charge is 2.33. The number of benzene rings is 1. The van der Waals surface area contributed by atoms with Gasteiger partial charge in [-0.25, -0.2) is 18.3 Å². The molecule has 8 heteroatoms. The fraction of sp³-hybridized carbons (Fsp3) is 0.333. The van der Waals surface area contributed by atoms with Crippen LogP contribution in [-0.4, -0.2) is 31.3 Å². The summed E-state index contributed by atoms with van der Waals surface area (Å²) in [5, 5.41) is 19.9. The molecule has 1 aromatic heterocycles. The minimum atomic E-state index is -1.39. The SMILES string of the molecule is CC(C)(C(=O)O)n1nnnc1Cc1cccc(F)c1F. The Hall–Kier alpha value is -2.38. The van der Waals surface area contributed by atoms with Crippen LogP contribution in [0.25, 0.3) is 0 Å². The Morgan fingerprint density at radius 1 is 1.40 bits per heavy atom. The van der Waals surface area contributed by atoms with Gasteiger partial charge >= 0.3 is 5.97 Å². The number of halogens is 2. The number of aromatic nitrogens is 4. The van der Waals surface area contributed by atoms with Crippen molar-refractivity contribution in [1.82, 2.24) is 20.2 Å². The Morgan fingerprint density at radius 3 is 2.75 bits per heavy atom. The summed E-state index contributed by atoms with van der Waals surface area (Å²) >= 11 is 0. The molecule has 0 aliphatic rings. The van der Waals surface area contributed by atoms with Gasteiger partial charge in [0, 0.05) is 6.42 Å². The summed E-state index contributed by atoms with van der Waals surface area (Å²) in [6.07, 6.45) is -0.104. The predicted molar refractivity (Wildman–Crippen MR) is 63.9 cm³/mol. The molecule has 2 rings (SSSR count). The van der Waals surface area contributed by atoms with E-state index in [0.717, 1.165) is 10.7 Å². The number of tetrazole rings is 1. The number of rotatable bonds is 4. The summed E-state index contributed by atoms with van der Waals surface area (Å²) in [5.74, 6) is -2.96. The molecule has 0 aliphatic heterocycles. The van der Waals surface area contributed by atoms with Crippen LogP contribution in [0.5, 0.6) is 0 Å². The molecule has 0 saturated carbocycles. The van der Waals surface area contributed by atoms with Gasteiger partial charge in [-0.1, -0.05) is 12.1 Å². The Balaban J connectivity index is 2.39. The molecule has 0 saturated heterocycles. The molecule has 0 radical (unpaired) electrons. The highest BCUT2D eigenvalue weighted by atomic mass is 19.2. The van der Waals surface area contributed by atoms with Crippen LogP contribution in [0.15, 0.2) is 18.2 Å². The third-order valence-electron chi connectivity index (χ3n) is 2.97. The lowest BCUT2D eigenvalue weighted by atomic mass is 10.1. The average Bonchev–Trinajstić information content (AvgIpc) is 2.83. The zero-order valence-corrected chi connectivity index (χ0v) is 10.8. The van der Waals surface area contributed by atoms with Gasteiger partial charge in [0.2, 0.25) is 0 Å². The maximum Gasteiger partial charge on any atom is 0.331 e. The summed E-state index contributed by atoms with van der Waals surface area (Å²) in [6, 6.07) is 3.76. The van der Waals surface area contributed by atoms with Gasteiger partial charge in [-0.2, -0.15) is 0 Å². The smallest absolute Gasteiger partial charge is 0.331 e. The second kappa shape index (κ2) is 4.95. The van der Waals surface area contributed by atoms with Crippen LogP contribution in [-0.2, 0) is 16.8 Å². The predicted octanol–water partition coefficient (Wildman–Crippen LogP) is 1.36. The number of hydrogen-bond acceptors (Lipinski definition) is 4. The number of carboxylic acids is 1. The molecule has 0 amide bonds. The molecule has 20 heavy (non-hydrogen) atoms. The number of hydrogen-bond donors (Lipinski definition) is 1. The Labute approximate surface area is 113 Å². The summed E-state index contributed by atoms with van der Waals surface area (Å²) in [5.41, 5.74) is -1.33. The van der Waals surface area contributed by atoms with Crippen molar-refractivity contribution in [2.24, 2.45) is 0 Å². The summed E-state index contributed by atoms with van der Waals surface area (Å²) < 4.78 is 27.8. The van der Waals surface area contributed by atoms with Gasteiger partial charge in [0.05, 0.1) is 0 Å². The lowest BCUT2D eigenvalue weighted by molar-refractivity contribution is -0.146. The molecule has 1 aromatic carbocycles. The first-order valence-electron chi connectivity index (χ1n) is 5.78. The van der Waals surface area contributed by atoms with E-state index in [4.69, 9.17) is 5.11 Å². The first kappa shape index (κ1) is 14.0. The van der Waals surface area contributed by atoms with E-state index >= 15 is 0 Å². The lowest BCUT2D eigenvalue weighted by Crippen LogP contribution is -2.38. The van der Waals surface area contributed by atoms with Gasteiger partial charge in [0.15, 0.2) is 23.0 Å². The third-order valence-corrected chi connectivity index (χ3v) is 2.97. The van der Waals surface area contributed by atoms with Gasteiger partial charge < -0.3 is 5.11 Å². The molecule has 0 spiro atoms. The van der Waals surface area contributed by atoms with Crippen LogP contribution >= 0.6 is 0 Å². The Morgan fingerprint density at radius 2 is 2.10 bits per heavy atom. The first-order valence-corrected chi connectivity index (χ1v) is 5.78. The molecule has 0 fully saturated rings. The van der Waals surface area contributed by atoms with Crippen LogP contribution in [0.4, 0.5) is 8.78 Å². The highest BCUT2D eigenvalue weighted by molar-refractivity contribution is 5.75. The number of carbonyl (C=O) groups is 1. The summed E-state index contributed by atoms with van der Waals surface area (Å²) in [6.45, 7) is 2.83. The monoisotopic (exact) mass is 282 g/mol. The van der Waals surface area contributed by atoms with E-state index < -0.39 is 23.1 Å². The highest BCUT2D eigenvalue weighted by Crippen LogP contribution is 2.19. The molecule has 0 bridgehead atoms. The molecule has 2 aromatic rings. The third kappa shape index (κ3) is 2.36. The average molecular weight is 282 g/mol. The minimum absolute atomic E-state index is 0.0576. The Kier molecular flexibility index (Phi) is 3.47. The number of nitrogens with zero attached hydrogens (tertiary/aromatic N) is 4. The number of aliphatic carboxylic acids is 1. The van der Waals surface area contributed by atoms with Crippen molar-refractivity contribution in [2.45, 2.75) is 25.8 Å². The van der Waals surface area contributed by atoms with Crippen molar-refractivity contribution in [2.75, 3.05) is 0 Å². The molecule has 0 aliphatic carbocycles. The standard InChI is InChI=1S/C12H12F2N4O2/c1-12(2,11(19)20)18-9(15-16-17-18)6-7-4-3-5-8(13)10(7)14/h3-5H,6H2,1-2H3,(H,19,20). The largest absolute Gasteiger partial charge is 0.479 e. The van der Waals surface area contributed by atoms with Gasteiger partial charge in [0.25, 0.3) is 0 Å². The molecular formula is C12H12F2N4O2. The van der Waals surface area contributed by atoms with Crippen LogP contribution in [0, 0.1) is 11.6 Å². The van der Waals surface area contributed by atoms with Crippen molar-refractivity contribution in [3.63, 3.8) is 0 Å². The van der Waals surface area contributed by atoms with E-state index in [9.17, 15) is 13.6 Å². The second-order valence-electron chi connectivity index (χ2n) is 4.76. The maximum atomic E-state index is 13.6. The fourth-order valence-electron chi connectivity index (χ4n) is 1.70. The fourth-order valence-corrected chi connectivity index (χ4v) is 1.70. The van der Waals surface area contributed by atoms with Gasteiger partial charge in [-0.15, -0.1) is 5.10 Å². The maximum absolute atomic E-state index is 13.6. The van der Waals surface area contributed by atoms with Crippen molar-refractivity contribution < 1.29 is 18.7 Å². The van der Waals surface area contributed by atoms with Crippen LogP contribution in [0.1, 0.15) is 25.2 Å². The molecule has 0 unspecified atom stereocenters. The van der Waals surface area contributed by atoms with Crippen molar-refractivity contribution in [1.29, 1.82) is 0 Å². The Bertz CT molecular complexity index is 655. The van der Waals surface area contributed by atoms with Gasteiger partial charge in [0.1, 0.15) is 0 Å². The lowest BCUT2D eigenvalue weighted by Gasteiger charge is -2.20. The zero-order valence-electron chi connectivity index (χ0n) is 10.8. The summed E-state index contributed by atoms with van der Waals surface area (Å²) in [4.78, 5) is 11.2. The molecule has 1 heterocycles. The topological polar surface area (TPSA) is 80.9 Å². The molecule has 6 nitrogen and oxygen atoms in total. The molecular weight excluding hydrogens is 270 g/mol. The molecule has 0 atom stereocenters. The quantitative estimate of drug-likeness (QED) is 0.915. The van der Waals surface area contributed by atoms with Crippen LogP contribution in [0.3, 0.4) is 0 Å². The van der Waals surface area contributed by atoms with E-state index in [1.165, 1.54) is 26.0 Å². The van der Waals surface area contributed by atoms with Crippen LogP contribution in [0.2, 0.25) is 0 Å².